The minimum absolute atomic E-state index is 0.0204. The summed E-state index contributed by atoms with van der Waals surface area (Å²) in [5, 5.41) is 0. The van der Waals surface area contributed by atoms with Crippen LogP contribution in [0.3, 0.4) is 0 Å². The van der Waals surface area contributed by atoms with Gasteiger partial charge < -0.3 is 4.57 Å². The first-order valence-electron chi connectivity index (χ1n) is 4.37. The number of hydrogen-bond donors (Lipinski definition) is 0. The summed E-state index contributed by atoms with van der Waals surface area (Å²) >= 11 is 0. The Bertz CT molecular complexity index is 482. The van der Waals surface area contributed by atoms with Crippen LogP contribution >= 0.6 is 0 Å². The van der Waals surface area contributed by atoms with Gasteiger partial charge in [0.25, 0.3) is 0 Å². The SMILES string of the molecule is Cc1cc(-n2ccc(=O)cc2)ccn1. The molecule has 0 fully saturated rings. The van der Waals surface area contributed by atoms with Gasteiger partial charge in [0.1, 0.15) is 0 Å². The summed E-state index contributed by atoms with van der Waals surface area (Å²) in [4.78, 5) is 15.0. The summed E-state index contributed by atoms with van der Waals surface area (Å²) in [5.41, 5.74) is 1.99. The van der Waals surface area contributed by atoms with E-state index in [9.17, 15) is 4.79 Å². The van der Waals surface area contributed by atoms with Crippen molar-refractivity contribution in [2.75, 3.05) is 0 Å². The topological polar surface area (TPSA) is 34.9 Å². The fraction of sp³-hybridized carbons (Fsp3) is 0.0909. The molecule has 70 valence electrons. The maximum Gasteiger partial charge on any atom is 0.181 e. The van der Waals surface area contributed by atoms with Crippen LogP contribution in [0.2, 0.25) is 0 Å². The van der Waals surface area contributed by atoms with Crippen LogP contribution in [0.4, 0.5) is 0 Å². The first kappa shape index (κ1) is 8.69. The number of aryl methyl sites for hydroxylation is 1. The molecule has 0 spiro atoms. The van der Waals surface area contributed by atoms with Gasteiger partial charge in [-0.2, -0.15) is 0 Å². The lowest BCUT2D eigenvalue weighted by Crippen LogP contribution is -2.01. The molecule has 0 aromatic carbocycles. The fourth-order valence-electron chi connectivity index (χ4n) is 1.28. The van der Waals surface area contributed by atoms with Crippen LogP contribution in [0, 0.1) is 6.92 Å². The van der Waals surface area contributed by atoms with Gasteiger partial charge in [-0.25, -0.2) is 0 Å². The molecule has 0 amide bonds. The fourth-order valence-corrected chi connectivity index (χ4v) is 1.28. The highest BCUT2D eigenvalue weighted by Crippen LogP contribution is 2.05. The zero-order valence-electron chi connectivity index (χ0n) is 7.84. The van der Waals surface area contributed by atoms with E-state index in [1.807, 2.05) is 23.6 Å². The second-order valence-corrected chi connectivity index (χ2v) is 3.10. The monoisotopic (exact) mass is 186 g/mol. The molecule has 0 aliphatic carbocycles. The maximum atomic E-state index is 10.9. The Morgan fingerprint density at radius 3 is 2.57 bits per heavy atom. The first-order valence-corrected chi connectivity index (χ1v) is 4.37. The molecular weight excluding hydrogens is 176 g/mol. The van der Waals surface area contributed by atoms with E-state index in [0.29, 0.717) is 0 Å². The second kappa shape index (κ2) is 3.46. The molecule has 0 aliphatic rings. The molecule has 0 saturated carbocycles. The Morgan fingerprint density at radius 2 is 1.93 bits per heavy atom. The van der Waals surface area contributed by atoms with E-state index in [1.54, 1.807) is 18.6 Å². The van der Waals surface area contributed by atoms with Crippen molar-refractivity contribution in [3.8, 4) is 5.69 Å². The highest BCUT2D eigenvalue weighted by Gasteiger charge is 1.94. The highest BCUT2D eigenvalue weighted by molar-refractivity contribution is 5.31. The average Bonchev–Trinajstić information content (AvgIpc) is 2.19. The molecular formula is C11H10N2O. The van der Waals surface area contributed by atoms with Gasteiger partial charge in [0.2, 0.25) is 0 Å². The lowest BCUT2D eigenvalue weighted by atomic mass is 10.3. The summed E-state index contributed by atoms with van der Waals surface area (Å²) < 4.78 is 1.88. The zero-order valence-corrected chi connectivity index (χ0v) is 7.84. The van der Waals surface area contributed by atoms with Gasteiger partial charge in [0, 0.05) is 42.1 Å². The third-order valence-corrected chi connectivity index (χ3v) is 1.98. The molecule has 3 nitrogen and oxygen atoms in total. The Morgan fingerprint density at radius 1 is 1.21 bits per heavy atom. The minimum atomic E-state index is 0.0204. The number of nitrogens with zero attached hydrogens (tertiary/aromatic N) is 2. The highest BCUT2D eigenvalue weighted by atomic mass is 16.1. The number of rotatable bonds is 1. The summed E-state index contributed by atoms with van der Waals surface area (Å²) in [7, 11) is 0. The van der Waals surface area contributed by atoms with Crippen molar-refractivity contribution in [1.29, 1.82) is 0 Å². The average molecular weight is 186 g/mol. The number of pyridine rings is 2. The smallest absolute Gasteiger partial charge is 0.181 e. The molecule has 0 N–H and O–H groups in total. The van der Waals surface area contributed by atoms with Crippen molar-refractivity contribution in [1.82, 2.24) is 9.55 Å². The second-order valence-electron chi connectivity index (χ2n) is 3.10. The van der Waals surface area contributed by atoms with Crippen molar-refractivity contribution in [3.63, 3.8) is 0 Å². The van der Waals surface area contributed by atoms with Gasteiger partial charge in [0.05, 0.1) is 0 Å². The Labute approximate surface area is 81.7 Å². The van der Waals surface area contributed by atoms with Crippen LogP contribution in [0.1, 0.15) is 5.69 Å². The van der Waals surface area contributed by atoms with Crippen LogP contribution < -0.4 is 5.43 Å². The van der Waals surface area contributed by atoms with Crippen LogP contribution in [-0.2, 0) is 0 Å². The molecule has 14 heavy (non-hydrogen) atoms. The third-order valence-electron chi connectivity index (χ3n) is 1.98. The molecule has 0 radical (unpaired) electrons. The largest absolute Gasteiger partial charge is 0.323 e. The zero-order chi connectivity index (χ0) is 9.97. The van der Waals surface area contributed by atoms with E-state index in [2.05, 4.69) is 4.98 Å². The number of hydrogen-bond acceptors (Lipinski definition) is 2. The van der Waals surface area contributed by atoms with Crippen LogP contribution in [-0.4, -0.2) is 9.55 Å². The standard InChI is InChI=1S/C11H10N2O/c1-9-8-10(2-5-12-9)13-6-3-11(14)4-7-13/h2-8H,1H3. The lowest BCUT2D eigenvalue weighted by molar-refractivity contribution is 1.02. The van der Waals surface area contributed by atoms with Crippen LogP contribution in [0.15, 0.2) is 47.7 Å². The summed E-state index contributed by atoms with van der Waals surface area (Å²) in [5.74, 6) is 0. The van der Waals surface area contributed by atoms with Gasteiger partial charge in [-0.3, -0.25) is 9.78 Å². The van der Waals surface area contributed by atoms with Gasteiger partial charge >= 0.3 is 0 Å². The molecule has 2 heterocycles. The summed E-state index contributed by atoms with van der Waals surface area (Å²) in [6, 6.07) is 6.94. The van der Waals surface area contributed by atoms with E-state index >= 15 is 0 Å². The van der Waals surface area contributed by atoms with Gasteiger partial charge in [-0.05, 0) is 19.1 Å². The van der Waals surface area contributed by atoms with E-state index < -0.39 is 0 Å². The summed E-state index contributed by atoms with van der Waals surface area (Å²) in [6.07, 6.45) is 5.25. The molecule has 0 bridgehead atoms. The Kier molecular flexibility index (Phi) is 2.14. The van der Waals surface area contributed by atoms with E-state index in [0.717, 1.165) is 11.4 Å². The van der Waals surface area contributed by atoms with Crippen LogP contribution in [0.25, 0.3) is 5.69 Å². The normalized spacial score (nSPS) is 10.1. The van der Waals surface area contributed by atoms with Crippen molar-refractivity contribution in [2.24, 2.45) is 0 Å². The van der Waals surface area contributed by atoms with E-state index in [-0.39, 0.29) is 5.43 Å². The first-order chi connectivity index (χ1) is 6.75. The predicted octanol–water partition coefficient (Wildman–Crippen LogP) is 1.54. The molecule has 0 saturated heterocycles. The molecule has 0 atom stereocenters. The lowest BCUT2D eigenvalue weighted by Gasteiger charge is -2.05. The van der Waals surface area contributed by atoms with Gasteiger partial charge in [-0.1, -0.05) is 0 Å². The van der Waals surface area contributed by atoms with Crippen molar-refractivity contribution in [3.05, 3.63) is 58.8 Å². The molecule has 2 aromatic rings. The van der Waals surface area contributed by atoms with Gasteiger partial charge in [0.15, 0.2) is 5.43 Å². The van der Waals surface area contributed by atoms with Crippen molar-refractivity contribution < 1.29 is 0 Å². The minimum Gasteiger partial charge on any atom is -0.323 e. The van der Waals surface area contributed by atoms with E-state index in [4.69, 9.17) is 0 Å². The summed E-state index contributed by atoms with van der Waals surface area (Å²) in [6.45, 7) is 1.94. The quantitative estimate of drug-likeness (QED) is 0.677. The predicted molar refractivity (Wildman–Crippen MR) is 54.6 cm³/mol. The third kappa shape index (κ3) is 1.71. The number of aromatic nitrogens is 2. The van der Waals surface area contributed by atoms with E-state index in [1.165, 1.54) is 12.1 Å². The van der Waals surface area contributed by atoms with Crippen molar-refractivity contribution >= 4 is 0 Å². The van der Waals surface area contributed by atoms with Gasteiger partial charge in [-0.15, -0.1) is 0 Å². The maximum absolute atomic E-state index is 10.9. The van der Waals surface area contributed by atoms with Crippen molar-refractivity contribution in [2.45, 2.75) is 6.92 Å². The Hall–Kier alpha value is -1.90. The van der Waals surface area contributed by atoms with Crippen LogP contribution in [0.5, 0.6) is 0 Å². The molecule has 2 aromatic heterocycles. The molecule has 3 heteroatoms. The Balaban J connectivity index is 2.49. The molecule has 2 rings (SSSR count). The molecule has 0 unspecified atom stereocenters. The molecule has 0 aliphatic heterocycles.